The lowest BCUT2D eigenvalue weighted by Crippen LogP contribution is -2.08. The zero-order chi connectivity index (χ0) is 13.1. The second kappa shape index (κ2) is 5.44. The fourth-order valence-corrected chi connectivity index (χ4v) is 1.57. The molecule has 6 nitrogen and oxygen atoms in total. The van der Waals surface area contributed by atoms with Crippen LogP contribution in [0.3, 0.4) is 0 Å². The highest BCUT2D eigenvalue weighted by Crippen LogP contribution is 2.13. The predicted molar refractivity (Wildman–Crippen MR) is 60.2 cm³/mol. The molecule has 1 heterocycles. The minimum absolute atomic E-state index is 0.00731. The summed E-state index contributed by atoms with van der Waals surface area (Å²) in [4.78, 5) is 15.1. The van der Waals surface area contributed by atoms with Crippen LogP contribution >= 0.6 is 11.6 Å². The molecule has 0 saturated carbocycles. The molecule has 0 radical (unpaired) electrons. The van der Waals surface area contributed by atoms with Crippen molar-refractivity contribution in [2.24, 2.45) is 0 Å². The summed E-state index contributed by atoms with van der Waals surface area (Å²) in [5, 5.41) is 0.243. The van der Waals surface area contributed by atoms with Gasteiger partial charge in [-0.25, -0.2) is 9.78 Å². The Morgan fingerprint density at radius 1 is 1.47 bits per heavy atom. The largest absolute Gasteiger partial charge is 0.464 e. The van der Waals surface area contributed by atoms with E-state index in [1.54, 1.807) is 0 Å². The Bertz CT molecular complexity index is 528. The molecule has 0 atom stereocenters. The number of rotatable bonds is 4. The summed E-state index contributed by atoms with van der Waals surface area (Å²) < 4.78 is 30.6. The van der Waals surface area contributed by atoms with E-state index < -0.39 is 16.1 Å². The van der Waals surface area contributed by atoms with Crippen molar-refractivity contribution in [1.82, 2.24) is 4.98 Å². The number of carbonyl (C=O) groups is 1. The molecule has 8 heteroatoms. The summed E-state index contributed by atoms with van der Waals surface area (Å²) in [6.07, 6.45) is 0.915. The van der Waals surface area contributed by atoms with Crippen LogP contribution in [0.15, 0.2) is 12.1 Å². The molecular weight excluding hydrogens is 270 g/mol. The Kier molecular flexibility index (Phi) is 4.44. The van der Waals surface area contributed by atoms with E-state index in [2.05, 4.69) is 13.9 Å². The molecule has 1 rings (SSSR count). The van der Waals surface area contributed by atoms with Crippen molar-refractivity contribution >= 4 is 27.7 Å². The van der Waals surface area contributed by atoms with E-state index in [1.807, 2.05) is 0 Å². The average Bonchev–Trinajstić information content (AvgIpc) is 2.23. The van der Waals surface area contributed by atoms with Gasteiger partial charge >= 0.3 is 5.97 Å². The molecule has 0 saturated heterocycles. The second-order valence-electron chi connectivity index (χ2n) is 3.12. The smallest absolute Gasteiger partial charge is 0.356 e. The molecule has 0 aromatic carbocycles. The van der Waals surface area contributed by atoms with E-state index in [0.29, 0.717) is 0 Å². The summed E-state index contributed by atoms with van der Waals surface area (Å²) in [5.74, 6) is -0.659. The van der Waals surface area contributed by atoms with Crippen molar-refractivity contribution in [3.8, 4) is 0 Å². The molecule has 0 aliphatic heterocycles. The van der Waals surface area contributed by atoms with E-state index in [-0.39, 0.29) is 23.0 Å². The van der Waals surface area contributed by atoms with Crippen LogP contribution in [0.4, 0.5) is 0 Å². The zero-order valence-corrected chi connectivity index (χ0v) is 10.7. The highest BCUT2D eigenvalue weighted by molar-refractivity contribution is 7.85. The van der Waals surface area contributed by atoms with Crippen LogP contribution in [0, 0.1) is 0 Å². The molecule has 0 aliphatic rings. The molecule has 0 unspecified atom stereocenters. The van der Waals surface area contributed by atoms with Gasteiger partial charge in [-0.15, -0.1) is 0 Å². The van der Waals surface area contributed by atoms with Gasteiger partial charge in [0.15, 0.2) is 0 Å². The first-order chi connectivity index (χ1) is 7.81. The standard InChI is InChI=1S/C9H10ClNO5S/c1-15-9(12)8-4-6(10)3-7(11-8)5-16-17(2,13)14/h3-4H,5H2,1-2H3. The Labute approximate surface area is 104 Å². The van der Waals surface area contributed by atoms with Gasteiger partial charge in [0.05, 0.1) is 19.1 Å². The minimum atomic E-state index is -3.57. The Morgan fingerprint density at radius 2 is 2.12 bits per heavy atom. The van der Waals surface area contributed by atoms with Crippen LogP contribution in [-0.2, 0) is 25.6 Å². The Morgan fingerprint density at radius 3 is 2.65 bits per heavy atom. The number of nitrogens with zero attached hydrogens (tertiary/aromatic N) is 1. The van der Waals surface area contributed by atoms with Crippen molar-refractivity contribution in [3.63, 3.8) is 0 Å². The third-order valence-electron chi connectivity index (χ3n) is 1.66. The van der Waals surface area contributed by atoms with Crippen LogP contribution in [0.25, 0.3) is 0 Å². The maximum absolute atomic E-state index is 11.2. The van der Waals surface area contributed by atoms with Crippen LogP contribution in [0.5, 0.6) is 0 Å². The SMILES string of the molecule is COC(=O)c1cc(Cl)cc(COS(C)(=O)=O)n1. The molecule has 0 amide bonds. The van der Waals surface area contributed by atoms with Crippen LogP contribution in [0.2, 0.25) is 5.02 Å². The van der Waals surface area contributed by atoms with Gasteiger partial charge in [-0.2, -0.15) is 8.42 Å². The van der Waals surface area contributed by atoms with Gasteiger partial charge in [-0.05, 0) is 12.1 Å². The molecule has 1 aromatic rings. The maximum Gasteiger partial charge on any atom is 0.356 e. The van der Waals surface area contributed by atoms with Crippen LogP contribution in [0.1, 0.15) is 16.2 Å². The van der Waals surface area contributed by atoms with Gasteiger partial charge in [0.2, 0.25) is 0 Å². The van der Waals surface area contributed by atoms with Crippen LogP contribution in [-0.4, -0.2) is 32.7 Å². The van der Waals surface area contributed by atoms with Gasteiger partial charge in [0.25, 0.3) is 10.1 Å². The molecule has 0 aliphatic carbocycles. The zero-order valence-electron chi connectivity index (χ0n) is 9.14. The highest BCUT2D eigenvalue weighted by atomic mass is 35.5. The lowest BCUT2D eigenvalue weighted by Gasteiger charge is -2.04. The first-order valence-electron chi connectivity index (χ1n) is 4.41. The lowest BCUT2D eigenvalue weighted by atomic mass is 10.3. The third kappa shape index (κ3) is 4.68. The Hall–Kier alpha value is -1.18. The lowest BCUT2D eigenvalue weighted by molar-refractivity contribution is 0.0593. The normalized spacial score (nSPS) is 11.2. The monoisotopic (exact) mass is 279 g/mol. The highest BCUT2D eigenvalue weighted by Gasteiger charge is 2.11. The van der Waals surface area contributed by atoms with Crippen molar-refractivity contribution in [2.45, 2.75) is 6.61 Å². The van der Waals surface area contributed by atoms with Gasteiger partial charge in [0, 0.05) is 5.02 Å². The number of methoxy groups -OCH3 is 1. The first kappa shape index (κ1) is 13.9. The maximum atomic E-state index is 11.2. The minimum Gasteiger partial charge on any atom is -0.464 e. The van der Waals surface area contributed by atoms with Gasteiger partial charge in [0.1, 0.15) is 12.3 Å². The molecular formula is C9H10ClNO5S. The second-order valence-corrected chi connectivity index (χ2v) is 5.20. The number of halogens is 1. The number of ether oxygens (including phenoxy) is 1. The van der Waals surface area contributed by atoms with Crippen LogP contribution < -0.4 is 0 Å². The third-order valence-corrected chi connectivity index (χ3v) is 2.42. The summed E-state index contributed by atoms with van der Waals surface area (Å²) in [7, 11) is -2.37. The number of aromatic nitrogens is 1. The topological polar surface area (TPSA) is 82.6 Å². The van der Waals surface area contributed by atoms with Gasteiger partial charge < -0.3 is 4.74 Å². The number of pyridine rings is 1. The van der Waals surface area contributed by atoms with Crippen molar-refractivity contribution in [1.29, 1.82) is 0 Å². The molecule has 0 spiro atoms. The fourth-order valence-electron chi connectivity index (χ4n) is 1.00. The summed E-state index contributed by atoms with van der Waals surface area (Å²) in [6.45, 7) is -0.288. The average molecular weight is 280 g/mol. The van der Waals surface area contributed by atoms with E-state index in [4.69, 9.17) is 11.6 Å². The summed E-state index contributed by atoms with van der Waals surface area (Å²) in [6, 6.07) is 2.72. The quantitative estimate of drug-likeness (QED) is 0.604. The van der Waals surface area contributed by atoms with Crippen molar-refractivity contribution in [2.75, 3.05) is 13.4 Å². The first-order valence-corrected chi connectivity index (χ1v) is 6.60. The summed E-state index contributed by atoms with van der Waals surface area (Å²) in [5.41, 5.74) is 0.218. The van der Waals surface area contributed by atoms with Gasteiger partial charge in [-0.1, -0.05) is 11.6 Å². The molecule has 0 fully saturated rings. The Balaban J connectivity index is 2.94. The fraction of sp³-hybridized carbons (Fsp3) is 0.333. The number of esters is 1. The number of carbonyl (C=O) groups excluding carboxylic acids is 1. The van der Waals surface area contributed by atoms with Crippen molar-refractivity contribution < 1.29 is 22.1 Å². The van der Waals surface area contributed by atoms with E-state index in [9.17, 15) is 13.2 Å². The number of hydrogen-bond acceptors (Lipinski definition) is 6. The van der Waals surface area contributed by atoms with Crippen molar-refractivity contribution in [3.05, 3.63) is 28.5 Å². The number of hydrogen-bond donors (Lipinski definition) is 0. The van der Waals surface area contributed by atoms with E-state index in [0.717, 1.165) is 6.26 Å². The van der Waals surface area contributed by atoms with Gasteiger partial charge in [-0.3, -0.25) is 4.18 Å². The van der Waals surface area contributed by atoms with E-state index >= 15 is 0 Å². The van der Waals surface area contributed by atoms with E-state index in [1.165, 1.54) is 19.2 Å². The molecule has 0 N–H and O–H groups in total. The predicted octanol–water partition coefficient (Wildman–Crippen LogP) is 0.998. The molecule has 0 bridgehead atoms. The molecule has 94 valence electrons. The molecule has 1 aromatic heterocycles. The molecule has 17 heavy (non-hydrogen) atoms. The summed E-state index contributed by atoms with van der Waals surface area (Å²) >= 11 is 5.75.